The van der Waals surface area contributed by atoms with Crippen LogP contribution in [0.3, 0.4) is 0 Å². The fourth-order valence-electron chi connectivity index (χ4n) is 3.74. The highest BCUT2D eigenvalue weighted by atomic mass is 16.5. The molecule has 0 bridgehead atoms. The molecule has 1 saturated carbocycles. The summed E-state index contributed by atoms with van der Waals surface area (Å²) < 4.78 is 7.85. The van der Waals surface area contributed by atoms with E-state index in [-0.39, 0.29) is 0 Å². The van der Waals surface area contributed by atoms with Crippen LogP contribution in [0, 0.1) is 5.92 Å². The Balaban J connectivity index is 1.89. The summed E-state index contributed by atoms with van der Waals surface area (Å²) in [5, 5.41) is 3.45. The summed E-state index contributed by atoms with van der Waals surface area (Å²) in [7, 11) is 1.79. The summed E-state index contributed by atoms with van der Waals surface area (Å²) in [4.78, 5) is 5.01. The molecule has 1 aliphatic carbocycles. The van der Waals surface area contributed by atoms with Gasteiger partial charge in [0.15, 0.2) is 0 Å². The first-order valence-corrected chi connectivity index (χ1v) is 8.07. The van der Waals surface area contributed by atoms with Gasteiger partial charge < -0.3 is 14.6 Å². The molecule has 4 heteroatoms. The van der Waals surface area contributed by atoms with Crippen LogP contribution in [0.2, 0.25) is 0 Å². The first kappa shape index (κ1) is 14.1. The number of fused-ring (bicyclic) bond motifs is 1. The lowest BCUT2D eigenvalue weighted by atomic mass is 10.1. The molecule has 1 N–H and O–H groups in total. The lowest BCUT2D eigenvalue weighted by molar-refractivity contribution is 0.150. The first-order chi connectivity index (χ1) is 9.79. The Morgan fingerprint density at radius 2 is 2.20 bits per heavy atom. The summed E-state index contributed by atoms with van der Waals surface area (Å²) in [6.45, 7) is 6.19. The van der Waals surface area contributed by atoms with Gasteiger partial charge in [-0.05, 0) is 18.8 Å². The number of aromatic nitrogens is 2. The number of nitrogens with zero attached hydrogens (tertiary/aromatic N) is 2. The highest BCUT2D eigenvalue weighted by Crippen LogP contribution is 2.35. The maximum atomic E-state index is 5.32. The molecule has 1 fully saturated rings. The fraction of sp³-hybridized carbons (Fsp3) is 0.812. The number of hydrogen-bond acceptors (Lipinski definition) is 3. The van der Waals surface area contributed by atoms with Crippen molar-refractivity contribution in [1.82, 2.24) is 14.9 Å². The van der Waals surface area contributed by atoms with E-state index in [1.165, 1.54) is 42.9 Å². The van der Waals surface area contributed by atoms with Crippen molar-refractivity contribution in [3.05, 3.63) is 17.2 Å². The van der Waals surface area contributed by atoms with Crippen molar-refractivity contribution in [1.29, 1.82) is 0 Å². The van der Waals surface area contributed by atoms with E-state index in [0.29, 0.717) is 11.8 Å². The average Bonchev–Trinajstić information content (AvgIpc) is 3.07. The molecule has 0 amide bonds. The van der Waals surface area contributed by atoms with Crippen LogP contribution in [-0.4, -0.2) is 29.8 Å². The summed E-state index contributed by atoms with van der Waals surface area (Å²) in [5.74, 6) is 2.60. The molecule has 0 aromatic carbocycles. The van der Waals surface area contributed by atoms with Gasteiger partial charge in [-0.15, -0.1) is 0 Å². The van der Waals surface area contributed by atoms with Crippen molar-refractivity contribution in [2.24, 2.45) is 5.92 Å². The van der Waals surface area contributed by atoms with Gasteiger partial charge in [-0.3, -0.25) is 0 Å². The molecule has 4 nitrogen and oxygen atoms in total. The molecule has 3 rings (SSSR count). The highest BCUT2D eigenvalue weighted by Gasteiger charge is 2.27. The zero-order valence-corrected chi connectivity index (χ0v) is 12.8. The van der Waals surface area contributed by atoms with Crippen LogP contribution in [0.5, 0.6) is 0 Å². The predicted molar refractivity (Wildman–Crippen MR) is 79.9 cm³/mol. The summed E-state index contributed by atoms with van der Waals surface area (Å²) in [5.41, 5.74) is 2.77. The molecule has 1 aliphatic heterocycles. The van der Waals surface area contributed by atoms with Gasteiger partial charge in [-0.2, -0.15) is 0 Å². The molecule has 1 atom stereocenters. The molecule has 2 aliphatic rings. The van der Waals surface area contributed by atoms with Gasteiger partial charge >= 0.3 is 0 Å². The van der Waals surface area contributed by atoms with Crippen molar-refractivity contribution in [3.63, 3.8) is 0 Å². The van der Waals surface area contributed by atoms with E-state index >= 15 is 0 Å². The van der Waals surface area contributed by atoms with Gasteiger partial charge in [0.2, 0.25) is 0 Å². The molecular formula is C16H27N3O. The van der Waals surface area contributed by atoms with Crippen LogP contribution in [-0.2, 0) is 24.2 Å². The van der Waals surface area contributed by atoms with Crippen LogP contribution < -0.4 is 5.32 Å². The smallest absolute Gasteiger partial charge is 0.112 e. The third-order valence-electron chi connectivity index (χ3n) is 4.68. The third-order valence-corrected chi connectivity index (χ3v) is 4.68. The lowest BCUT2D eigenvalue weighted by Gasteiger charge is -2.20. The van der Waals surface area contributed by atoms with Crippen LogP contribution in [0.25, 0.3) is 0 Å². The Labute approximate surface area is 121 Å². The molecule has 20 heavy (non-hydrogen) atoms. The van der Waals surface area contributed by atoms with Gasteiger partial charge in [-0.1, -0.05) is 19.8 Å². The standard InChI is InChI=1S/C16H27N3O/c1-12(11-20-2)10-19-15-7-8-17-9-14(15)18-16(19)13-5-3-4-6-13/h12-13,17H,3-11H2,1-2H3. The van der Waals surface area contributed by atoms with Gasteiger partial charge in [0.1, 0.15) is 5.82 Å². The number of rotatable bonds is 5. The van der Waals surface area contributed by atoms with Gasteiger partial charge in [-0.25, -0.2) is 4.98 Å². The monoisotopic (exact) mass is 277 g/mol. The average molecular weight is 277 g/mol. The molecule has 1 aromatic rings. The zero-order valence-electron chi connectivity index (χ0n) is 12.8. The second-order valence-corrected chi connectivity index (χ2v) is 6.44. The van der Waals surface area contributed by atoms with Crippen molar-refractivity contribution in [3.8, 4) is 0 Å². The minimum absolute atomic E-state index is 0.549. The Bertz CT molecular complexity index is 449. The number of hydrogen-bond donors (Lipinski definition) is 1. The van der Waals surface area contributed by atoms with Crippen LogP contribution in [0.4, 0.5) is 0 Å². The third kappa shape index (κ3) is 2.77. The van der Waals surface area contributed by atoms with Crippen molar-refractivity contribution in [2.75, 3.05) is 20.3 Å². The predicted octanol–water partition coefficient (Wildman–Crippen LogP) is 2.47. The SMILES string of the molecule is COCC(C)Cn1c(C2CCCC2)nc2c1CCNC2. The molecule has 1 unspecified atom stereocenters. The molecule has 0 radical (unpaired) electrons. The normalized spacial score (nSPS) is 21.1. The second-order valence-electron chi connectivity index (χ2n) is 6.44. The van der Waals surface area contributed by atoms with E-state index in [9.17, 15) is 0 Å². The summed E-state index contributed by atoms with van der Waals surface area (Å²) >= 11 is 0. The molecule has 0 spiro atoms. The van der Waals surface area contributed by atoms with Gasteiger partial charge in [0.25, 0.3) is 0 Å². The number of nitrogens with one attached hydrogen (secondary N) is 1. The van der Waals surface area contributed by atoms with Gasteiger partial charge in [0, 0.05) is 44.8 Å². The molecular weight excluding hydrogens is 250 g/mol. The van der Waals surface area contributed by atoms with Crippen molar-refractivity contribution >= 4 is 0 Å². The van der Waals surface area contributed by atoms with E-state index in [1.54, 1.807) is 7.11 Å². The van der Waals surface area contributed by atoms with Crippen LogP contribution >= 0.6 is 0 Å². The van der Waals surface area contributed by atoms with E-state index < -0.39 is 0 Å². The maximum Gasteiger partial charge on any atom is 0.112 e. The minimum Gasteiger partial charge on any atom is -0.384 e. The van der Waals surface area contributed by atoms with E-state index in [4.69, 9.17) is 9.72 Å². The topological polar surface area (TPSA) is 39.1 Å². The second kappa shape index (κ2) is 6.27. The van der Waals surface area contributed by atoms with Crippen LogP contribution in [0.15, 0.2) is 0 Å². The van der Waals surface area contributed by atoms with Gasteiger partial charge in [0.05, 0.1) is 12.3 Å². The summed E-state index contributed by atoms with van der Waals surface area (Å²) in [6.07, 6.45) is 6.50. The quantitative estimate of drug-likeness (QED) is 0.898. The van der Waals surface area contributed by atoms with E-state index in [0.717, 1.165) is 32.7 Å². The Morgan fingerprint density at radius 3 is 2.95 bits per heavy atom. The zero-order chi connectivity index (χ0) is 13.9. The number of imidazole rings is 1. The minimum atomic E-state index is 0.549. The Morgan fingerprint density at radius 1 is 1.40 bits per heavy atom. The highest BCUT2D eigenvalue weighted by molar-refractivity contribution is 5.22. The Hall–Kier alpha value is -0.870. The van der Waals surface area contributed by atoms with Crippen LogP contribution in [0.1, 0.15) is 55.7 Å². The van der Waals surface area contributed by atoms with Crippen molar-refractivity contribution < 1.29 is 4.74 Å². The van der Waals surface area contributed by atoms with E-state index in [1.807, 2.05) is 0 Å². The fourth-order valence-corrected chi connectivity index (χ4v) is 3.74. The summed E-state index contributed by atoms with van der Waals surface area (Å²) in [6, 6.07) is 0. The first-order valence-electron chi connectivity index (χ1n) is 8.07. The molecule has 112 valence electrons. The molecule has 2 heterocycles. The van der Waals surface area contributed by atoms with Crippen molar-refractivity contribution in [2.45, 2.75) is 58.0 Å². The van der Waals surface area contributed by atoms with E-state index in [2.05, 4.69) is 16.8 Å². The number of methoxy groups -OCH3 is 1. The lowest BCUT2D eigenvalue weighted by Crippen LogP contribution is -2.26. The molecule has 1 aromatic heterocycles. The number of ether oxygens (including phenoxy) is 1. The maximum absolute atomic E-state index is 5.32. The Kier molecular flexibility index (Phi) is 4.41. The molecule has 0 saturated heterocycles. The largest absolute Gasteiger partial charge is 0.384 e.